The number of nitrogens with zero attached hydrogens (tertiary/aromatic N) is 7. The first kappa shape index (κ1) is 21.9. The van der Waals surface area contributed by atoms with Gasteiger partial charge in [0.1, 0.15) is 5.82 Å². The van der Waals surface area contributed by atoms with E-state index in [0.717, 1.165) is 68.9 Å². The molecule has 1 saturated heterocycles. The Kier molecular flexibility index (Phi) is 8.74. The van der Waals surface area contributed by atoms with Crippen LogP contribution in [0.25, 0.3) is 0 Å². The molecule has 3 rings (SSSR count). The Balaban J connectivity index is 0.00000261. The van der Waals surface area contributed by atoms with Gasteiger partial charge in [0.2, 0.25) is 5.13 Å². The fraction of sp³-hybridized carbons (Fsp3) is 0.647. The minimum atomic E-state index is 0. The third kappa shape index (κ3) is 6.03. The van der Waals surface area contributed by atoms with Gasteiger partial charge in [-0.15, -0.1) is 24.0 Å². The molecule has 1 aliphatic rings. The Morgan fingerprint density at radius 2 is 2.07 bits per heavy atom. The number of aryl methyl sites for hydroxylation is 3. The second-order valence-electron chi connectivity index (χ2n) is 6.42. The first-order chi connectivity index (χ1) is 12.7. The quantitative estimate of drug-likeness (QED) is 0.280. The second kappa shape index (κ2) is 10.8. The summed E-state index contributed by atoms with van der Waals surface area (Å²) >= 11 is 1.51. The van der Waals surface area contributed by atoms with Crippen LogP contribution < -0.4 is 10.2 Å². The molecular formula is C17H29IN8S. The average Bonchev–Trinajstić information content (AvgIpc) is 3.31. The molecule has 2 aromatic rings. The van der Waals surface area contributed by atoms with Crippen LogP contribution in [0.15, 0.2) is 17.4 Å². The van der Waals surface area contributed by atoms with Gasteiger partial charge in [0.05, 0.1) is 6.20 Å². The van der Waals surface area contributed by atoms with Crippen molar-refractivity contribution in [1.82, 2.24) is 29.4 Å². The summed E-state index contributed by atoms with van der Waals surface area (Å²) in [6.45, 7) is 6.81. The van der Waals surface area contributed by atoms with Gasteiger partial charge in [-0.2, -0.15) is 9.47 Å². The highest BCUT2D eigenvalue weighted by Gasteiger charge is 2.21. The Morgan fingerprint density at radius 1 is 1.30 bits per heavy atom. The Hall–Kier alpha value is -1.43. The van der Waals surface area contributed by atoms with Crippen LogP contribution in [0.3, 0.4) is 0 Å². The summed E-state index contributed by atoms with van der Waals surface area (Å²) in [6, 6.07) is 0. The van der Waals surface area contributed by atoms with Gasteiger partial charge in [-0.3, -0.25) is 9.67 Å². The first-order valence-corrected chi connectivity index (χ1v) is 9.97. The third-order valence-corrected chi connectivity index (χ3v) is 5.33. The van der Waals surface area contributed by atoms with Crippen LogP contribution in [0.5, 0.6) is 0 Å². The standard InChI is InChI=1S/C17H28N8S.HI/c1-4-15-21-17(26-22-15)25-10-8-24(9-11-25)16(18-2)19-7-5-6-14-12-20-23(3)13-14;/h12-13H,4-11H2,1-3H3,(H,18,19);1H. The Morgan fingerprint density at radius 3 is 2.67 bits per heavy atom. The van der Waals surface area contributed by atoms with E-state index in [1.54, 1.807) is 0 Å². The second-order valence-corrected chi connectivity index (χ2v) is 7.15. The van der Waals surface area contributed by atoms with Gasteiger partial charge in [-0.25, -0.2) is 4.98 Å². The summed E-state index contributed by atoms with van der Waals surface area (Å²) in [5.41, 5.74) is 1.28. The third-order valence-electron chi connectivity index (χ3n) is 4.52. The van der Waals surface area contributed by atoms with Crippen LogP contribution in [0.4, 0.5) is 5.13 Å². The van der Waals surface area contributed by atoms with Gasteiger partial charge in [0.25, 0.3) is 0 Å². The van der Waals surface area contributed by atoms with E-state index in [1.807, 2.05) is 25.0 Å². The highest BCUT2D eigenvalue weighted by atomic mass is 127. The van der Waals surface area contributed by atoms with Gasteiger partial charge in [-0.05, 0) is 18.4 Å². The first-order valence-electron chi connectivity index (χ1n) is 9.20. The van der Waals surface area contributed by atoms with E-state index in [2.05, 4.69) is 47.7 Å². The maximum absolute atomic E-state index is 4.60. The number of rotatable bonds is 6. The van der Waals surface area contributed by atoms with Gasteiger partial charge >= 0.3 is 0 Å². The van der Waals surface area contributed by atoms with E-state index >= 15 is 0 Å². The number of hydrogen-bond donors (Lipinski definition) is 1. The molecule has 0 unspecified atom stereocenters. The summed E-state index contributed by atoms with van der Waals surface area (Å²) < 4.78 is 6.24. The van der Waals surface area contributed by atoms with E-state index in [0.29, 0.717) is 0 Å². The zero-order chi connectivity index (χ0) is 18.4. The molecule has 1 fully saturated rings. The molecule has 3 heterocycles. The fourth-order valence-corrected chi connectivity index (χ4v) is 3.85. The lowest BCUT2D eigenvalue weighted by atomic mass is 10.2. The number of hydrogen-bond acceptors (Lipinski definition) is 6. The average molecular weight is 504 g/mol. The van der Waals surface area contributed by atoms with Crippen molar-refractivity contribution in [3.05, 3.63) is 23.8 Å². The van der Waals surface area contributed by atoms with Crippen molar-refractivity contribution in [1.29, 1.82) is 0 Å². The van der Waals surface area contributed by atoms with Crippen LogP contribution >= 0.6 is 35.5 Å². The van der Waals surface area contributed by atoms with Crippen molar-refractivity contribution in [2.45, 2.75) is 26.2 Å². The minimum Gasteiger partial charge on any atom is -0.356 e. The molecule has 0 aromatic carbocycles. The highest BCUT2D eigenvalue weighted by Crippen LogP contribution is 2.19. The SMILES string of the molecule is CCc1nsc(N2CCN(C(=NC)NCCCc3cnn(C)c3)CC2)n1.I. The molecule has 150 valence electrons. The number of aromatic nitrogens is 4. The molecule has 10 heteroatoms. The van der Waals surface area contributed by atoms with Gasteiger partial charge in [-0.1, -0.05) is 6.92 Å². The van der Waals surface area contributed by atoms with Crippen molar-refractivity contribution in [2.24, 2.45) is 12.0 Å². The lowest BCUT2D eigenvalue weighted by molar-refractivity contribution is 0.372. The monoisotopic (exact) mass is 504 g/mol. The van der Waals surface area contributed by atoms with Gasteiger partial charge in [0.15, 0.2) is 5.96 Å². The van der Waals surface area contributed by atoms with E-state index in [4.69, 9.17) is 0 Å². The maximum Gasteiger partial charge on any atom is 0.205 e. The number of anilines is 1. The van der Waals surface area contributed by atoms with Crippen molar-refractivity contribution < 1.29 is 0 Å². The zero-order valence-corrected chi connectivity index (χ0v) is 19.4. The van der Waals surface area contributed by atoms with Crippen molar-refractivity contribution >= 4 is 46.6 Å². The molecule has 0 saturated carbocycles. The van der Waals surface area contributed by atoms with Crippen LogP contribution in [0, 0.1) is 0 Å². The van der Waals surface area contributed by atoms with Crippen LogP contribution in [0.2, 0.25) is 0 Å². The van der Waals surface area contributed by atoms with Crippen molar-refractivity contribution in [3.63, 3.8) is 0 Å². The molecular weight excluding hydrogens is 475 g/mol. The number of guanidine groups is 1. The number of nitrogens with one attached hydrogen (secondary N) is 1. The van der Waals surface area contributed by atoms with Crippen molar-refractivity contribution in [3.8, 4) is 0 Å². The van der Waals surface area contributed by atoms with Gasteiger partial charge < -0.3 is 15.1 Å². The Labute approximate surface area is 182 Å². The highest BCUT2D eigenvalue weighted by molar-refractivity contribution is 14.0. The Bertz CT molecular complexity index is 720. The maximum atomic E-state index is 4.60. The molecule has 27 heavy (non-hydrogen) atoms. The molecule has 0 spiro atoms. The summed E-state index contributed by atoms with van der Waals surface area (Å²) in [6.07, 6.45) is 7.00. The fourth-order valence-electron chi connectivity index (χ4n) is 3.05. The van der Waals surface area contributed by atoms with E-state index in [9.17, 15) is 0 Å². The number of halogens is 1. The number of piperazine rings is 1. The zero-order valence-electron chi connectivity index (χ0n) is 16.3. The predicted molar refractivity (Wildman–Crippen MR) is 121 cm³/mol. The van der Waals surface area contributed by atoms with Crippen LogP contribution in [0.1, 0.15) is 24.7 Å². The summed E-state index contributed by atoms with van der Waals surface area (Å²) in [5.74, 6) is 1.93. The molecule has 0 radical (unpaired) electrons. The summed E-state index contributed by atoms with van der Waals surface area (Å²) in [4.78, 5) is 13.7. The molecule has 8 nitrogen and oxygen atoms in total. The van der Waals surface area contributed by atoms with Crippen molar-refractivity contribution in [2.75, 3.05) is 44.7 Å². The van der Waals surface area contributed by atoms with Gasteiger partial charge in [0, 0.05) is 71.0 Å². The smallest absolute Gasteiger partial charge is 0.205 e. The topological polar surface area (TPSA) is 74.5 Å². The van der Waals surface area contributed by atoms with Crippen LogP contribution in [-0.2, 0) is 19.9 Å². The van der Waals surface area contributed by atoms with E-state index < -0.39 is 0 Å². The summed E-state index contributed by atoms with van der Waals surface area (Å²) in [5, 5.41) is 8.74. The molecule has 0 bridgehead atoms. The minimum absolute atomic E-state index is 0. The van der Waals surface area contributed by atoms with E-state index in [1.165, 1.54) is 17.1 Å². The lowest BCUT2D eigenvalue weighted by Gasteiger charge is -2.36. The molecule has 0 amide bonds. The molecule has 1 aliphatic heterocycles. The predicted octanol–water partition coefficient (Wildman–Crippen LogP) is 1.78. The number of aliphatic imine (C=N–C) groups is 1. The van der Waals surface area contributed by atoms with E-state index in [-0.39, 0.29) is 24.0 Å². The molecule has 0 aliphatic carbocycles. The lowest BCUT2D eigenvalue weighted by Crippen LogP contribution is -2.52. The largest absolute Gasteiger partial charge is 0.356 e. The van der Waals surface area contributed by atoms with Crippen LogP contribution in [-0.4, -0.2) is 69.8 Å². The normalized spacial score (nSPS) is 15.0. The molecule has 2 aromatic heterocycles. The molecule has 0 atom stereocenters. The molecule has 1 N–H and O–H groups in total. The summed E-state index contributed by atoms with van der Waals surface area (Å²) in [7, 11) is 3.81.